The van der Waals surface area contributed by atoms with E-state index in [1.54, 1.807) is 0 Å². The first kappa shape index (κ1) is 8.13. The number of terminal acetylenes is 1. The van der Waals surface area contributed by atoms with Crippen molar-refractivity contribution in [2.45, 2.75) is 25.7 Å². The van der Waals surface area contributed by atoms with E-state index in [-0.39, 0.29) is 0 Å². The maximum atomic E-state index is 5.39. The fraction of sp³-hybridized carbons (Fsp3) is 0.818. The molecule has 1 saturated carbocycles. The zero-order valence-corrected chi connectivity index (χ0v) is 7.63. The fourth-order valence-corrected chi connectivity index (χ4v) is 1.95. The van der Waals surface area contributed by atoms with Gasteiger partial charge in [0.1, 0.15) is 0 Å². The van der Waals surface area contributed by atoms with Crippen LogP contribution in [0.4, 0.5) is 0 Å². The first-order valence-corrected chi connectivity index (χ1v) is 5.07. The van der Waals surface area contributed by atoms with Crippen molar-refractivity contribution in [1.29, 1.82) is 0 Å². The second kappa shape index (κ2) is 3.49. The van der Waals surface area contributed by atoms with Crippen LogP contribution in [0.2, 0.25) is 0 Å². The van der Waals surface area contributed by atoms with Gasteiger partial charge in [0.25, 0.3) is 0 Å². The number of nitrogens with zero attached hydrogens (tertiary/aromatic N) is 1. The highest BCUT2D eigenvalue weighted by molar-refractivity contribution is 4.95. The Hall–Kier alpha value is -0.480. The summed E-state index contributed by atoms with van der Waals surface area (Å²) in [6, 6.07) is 0. The molecule has 2 rings (SSSR count). The molecule has 0 bridgehead atoms. The van der Waals surface area contributed by atoms with Gasteiger partial charge in [-0.05, 0) is 44.7 Å². The van der Waals surface area contributed by atoms with E-state index >= 15 is 0 Å². The van der Waals surface area contributed by atoms with E-state index in [1.807, 2.05) is 0 Å². The van der Waals surface area contributed by atoms with E-state index in [9.17, 15) is 0 Å². The van der Waals surface area contributed by atoms with Crippen LogP contribution in [0.3, 0.4) is 0 Å². The molecule has 0 atom stereocenters. The van der Waals surface area contributed by atoms with Gasteiger partial charge >= 0.3 is 0 Å². The van der Waals surface area contributed by atoms with Crippen molar-refractivity contribution < 1.29 is 0 Å². The van der Waals surface area contributed by atoms with E-state index in [0.29, 0.717) is 5.92 Å². The zero-order chi connectivity index (χ0) is 8.39. The van der Waals surface area contributed by atoms with Gasteiger partial charge in [0.2, 0.25) is 0 Å². The number of hydrogen-bond acceptors (Lipinski definition) is 1. The third kappa shape index (κ3) is 2.01. The molecule has 12 heavy (non-hydrogen) atoms. The third-order valence-corrected chi connectivity index (χ3v) is 3.04. The van der Waals surface area contributed by atoms with Crippen LogP contribution in [0.25, 0.3) is 0 Å². The molecule has 0 amide bonds. The summed E-state index contributed by atoms with van der Waals surface area (Å²) in [4.78, 5) is 2.59. The Morgan fingerprint density at radius 3 is 2.33 bits per heavy atom. The Kier molecular flexibility index (Phi) is 2.37. The fourth-order valence-electron chi connectivity index (χ4n) is 1.95. The first-order valence-electron chi connectivity index (χ1n) is 5.07. The summed E-state index contributed by atoms with van der Waals surface area (Å²) in [7, 11) is 0. The molecular weight excluding hydrogens is 146 g/mol. The van der Waals surface area contributed by atoms with Gasteiger partial charge in [-0.1, -0.05) is 0 Å². The lowest BCUT2D eigenvalue weighted by atomic mass is 9.98. The molecule has 0 spiro atoms. The van der Waals surface area contributed by atoms with Crippen molar-refractivity contribution in [1.82, 2.24) is 4.90 Å². The summed E-state index contributed by atoms with van der Waals surface area (Å²) < 4.78 is 0. The van der Waals surface area contributed by atoms with Crippen molar-refractivity contribution in [2.24, 2.45) is 11.8 Å². The van der Waals surface area contributed by atoms with Crippen LogP contribution in [-0.4, -0.2) is 24.5 Å². The van der Waals surface area contributed by atoms with E-state index in [4.69, 9.17) is 6.42 Å². The Bertz CT molecular complexity index is 180. The number of rotatable bonds is 2. The van der Waals surface area contributed by atoms with Crippen LogP contribution < -0.4 is 0 Å². The zero-order valence-electron chi connectivity index (χ0n) is 7.63. The first-order chi connectivity index (χ1) is 5.88. The Morgan fingerprint density at radius 2 is 1.83 bits per heavy atom. The minimum absolute atomic E-state index is 0.570. The Balaban J connectivity index is 1.71. The predicted octanol–water partition coefficient (Wildman–Crippen LogP) is 1.74. The molecule has 0 radical (unpaired) electrons. The summed E-state index contributed by atoms with van der Waals surface area (Å²) >= 11 is 0. The molecule has 1 saturated heterocycles. The molecule has 1 nitrogen and oxygen atoms in total. The van der Waals surface area contributed by atoms with Gasteiger partial charge < -0.3 is 4.90 Å². The molecule has 0 aromatic carbocycles. The highest BCUT2D eigenvalue weighted by Gasteiger charge is 2.26. The normalized spacial score (nSPS) is 26.9. The lowest BCUT2D eigenvalue weighted by Gasteiger charge is -2.29. The average Bonchev–Trinajstić information content (AvgIpc) is 2.90. The van der Waals surface area contributed by atoms with Gasteiger partial charge in [-0.2, -0.15) is 0 Å². The Labute approximate surface area is 75.1 Å². The maximum absolute atomic E-state index is 5.39. The molecule has 0 N–H and O–H groups in total. The van der Waals surface area contributed by atoms with Gasteiger partial charge in [-0.15, -0.1) is 12.3 Å². The lowest BCUT2D eigenvalue weighted by Crippen LogP contribution is -2.34. The minimum atomic E-state index is 0.570. The quantitative estimate of drug-likeness (QED) is 0.560. The van der Waals surface area contributed by atoms with Crippen molar-refractivity contribution in [2.75, 3.05) is 19.6 Å². The predicted molar refractivity (Wildman–Crippen MR) is 50.7 cm³/mol. The van der Waals surface area contributed by atoms with Crippen LogP contribution in [-0.2, 0) is 0 Å². The van der Waals surface area contributed by atoms with Crippen molar-refractivity contribution in [3.63, 3.8) is 0 Å². The molecule has 0 aromatic rings. The van der Waals surface area contributed by atoms with Gasteiger partial charge in [0, 0.05) is 12.5 Å². The summed E-state index contributed by atoms with van der Waals surface area (Å²) in [5.74, 6) is 4.47. The second-order valence-corrected chi connectivity index (χ2v) is 4.18. The van der Waals surface area contributed by atoms with Gasteiger partial charge in [-0.3, -0.25) is 0 Å². The average molecular weight is 163 g/mol. The monoisotopic (exact) mass is 163 g/mol. The Morgan fingerprint density at radius 1 is 1.17 bits per heavy atom. The molecule has 1 aliphatic heterocycles. The van der Waals surface area contributed by atoms with Crippen molar-refractivity contribution in [3.05, 3.63) is 0 Å². The van der Waals surface area contributed by atoms with Gasteiger partial charge in [0.15, 0.2) is 0 Å². The lowest BCUT2D eigenvalue weighted by molar-refractivity contribution is 0.199. The highest BCUT2D eigenvalue weighted by Crippen LogP contribution is 2.30. The smallest absolute Gasteiger partial charge is 0.0224 e. The number of piperidine rings is 1. The SMILES string of the molecule is C#CC1CCN(CC2CC2)CC1. The topological polar surface area (TPSA) is 3.24 Å². The molecule has 66 valence electrons. The summed E-state index contributed by atoms with van der Waals surface area (Å²) in [6.07, 6.45) is 10.8. The minimum Gasteiger partial charge on any atom is -0.303 e. The molecular formula is C11H17N. The molecule has 1 heteroatoms. The van der Waals surface area contributed by atoms with E-state index in [0.717, 1.165) is 5.92 Å². The van der Waals surface area contributed by atoms with Gasteiger partial charge in [0.05, 0.1) is 0 Å². The number of likely N-dealkylation sites (tertiary alicyclic amines) is 1. The summed E-state index contributed by atoms with van der Waals surface area (Å²) in [5.41, 5.74) is 0. The van der Waals surface area contributed by atoms with Gasteiger partial charge in [-0.25, -0.2) is 0 Å². The van der Waals surface area contributed by atoms with Crippen molar-refractivity contribution in [3.8, 4) is 12.3 Å². The molecule has 1 heterocycles. The molecule has 0 aromatic heterocycles. The van der Waals surface area contributed by atoms with Crippen LogP contribution >= 0.6 is 0 Å². The summed E-state index contributed by atoms with van der Waals surface area (Å²) in [5, 5.41) is 0. The van der Waals surface area contributed by atoms with E-state index < -0.39 is 0 Å². The molecule has 2 fully saturated rings. The maximum Gasteiger partial charge on any atom is 0.0224 e. The largest absolute Gasteiger partial charge is 0.303 e. The van der Waals surface area contributed by atoms with Crippen LogP contribution in [0, 0.1) is 24.2 Å². The van der Waals surface area contributed by atoms with Crippen molar-refractivity contribution >= 4 is 0 Å². The second-order valence-electron chi connectivity index (χ2n) is 4.18. The summed E-state index contributed by atoms with van der Waals surface area (Å²) in [6.45, 7) is 3.83. The third-order valence-electron chi connectivity index (χ3n) is 3.04. The van der Waals surface area contributed by atoms with Crippen LogP contribution in [0.1, 0.15) is 25.7 Å². The highest BCUT2D eigenvalue weighted by atomic mass is 15.1. The molecule has 0 unspecified atom stereocenters. The van der Waals surface area contributed by atoms with Crippen LogP contribution in [0.5, 0.6) is 0 Å². The molecule has 1 aliphatic carbocycles. The van der Waals surface area contributed by atoms with E-state index in [1.165, 1.54) is 45.3 Å². The molecule has 2 aliphatic rings. The number of hydrogen-bond donors (Lipinski definition) is 0. The van der Waals surface area contributed by atoms with E-state index in [2.05, 4.69) is 10.8 Å². The van der Waals surface area contributed by atoms with Crippen LogP contribution in [0.15, 0.2) is 0 Å². The standard InChI is InChI=1S/C11H17N/c1-2-10-5-7-12(8-6-10)9-11-3-4-11/h1,10-11H,3-9H2.